The molecule has 22 heavy (non-hydrogen) atoms. The summed E-state index contributed by atoms with van der Waals surface area (Å²) in [5, 5.41) is 0. The van der Waals surface area contributed by atoms with E-state index in [-0.39, 0.29) is 22.5 Å². The van der Waals surface area contributed by atoms with Crippen LogP contribution in [0.2, 0.25) is 0 Å². The molecule has 2 saturated carbocycles. The molecule has 0 aromatic rings. The number of allylic oxidation sites excluding steroid dienone is 3. The van der Waals surface area contributed by atoms with Gasteiger partial charge in [0, 0.05) is 17.8 Å². The van der Waals surface area contributed by atoms with Crippen molar-refractivity contribution in [3.8, 4) is 0 Å². The predicted octanol–water partition coefficient (Wildman–Crippen LogP) is 4.36. The Kier molecular flexibility index (Phi) is 3.50. The van der Waals surface area contributed by atoms with E-state index in [1.54, 1.807) is 0 Å². The van der Waals surface area contributed by atoms with Crippen LogP contribution in [-0.2, 0) is 9.59 Å². The Balaban J connectivity index is 2.06. The van der Waals surface area contributed by atoms with Crippen LogP contribution in [0.5, 0.6) is 0 Å². The van der Waals surface area contributed by atoms with Crippen molar-refractivity contribution in [3.63, 3.8) is 0 Å². The van der Waals surface area contributed by atoms with Gasteiger partial charge >= 0.3 is 0 Å². The van der Waals surface area contributed by atoms with Crippen molar-refractivity contribution in [2.45, 2.75) is 53.4 Å². The Hall–Kier alpha value is -1.18. The number of hydrogen-bond acceptors (Lipinski definition) is 2. The molecule has 0 saturated heterocycles. The smallest absolute Gasteiger partial charge is 0.159 e. The summed E-state index contributed by atoms with van der Waals surface area (Å²) in [4.78, 5) is 25.3. The van der Waals surface area contributed by atoms with E-state index in [9.17, 15) is 9.59 Å². The van der Waals surface area contributed by atoms with Gasteiger partial charge in [-0.2, -0.15) is 0 Å². The largest absolute Gasteiger partial charge is 0.299 e. The molecule has 5 atom stereocenters. The lowest BCUT2D eigenvalue weighted by molar-refractivity contribution is -0.159. The Morgan fingerprint density at radius 3 is 2.55 bits per heavy atom. The second kappa shape index (κ2) is 4.91. The third-order valence-electron chi connectivity index (χ3n) is 7.22. The molecule has 3 rings (SSSR count). The molecule has 2 fully saturated rings. The summed E-state index contributed by atoms with van der Waals surface area (Å²) in [6, 6.07) is 0. The maximum Gasteiger partial charge on any atom is 0.159 e. The number of carbonyl (C=O) groups is 2. The first-order chi connectivity index (χ1) is 10.2. The second-order valence-electron chi connectivity index (χ2n) is 8.46. The molecular formula is C20H28O2. The number of fused-ring (bicyclic) bond motifs is 3. The highest BCUT2D eigenvalue weighted by Crippen LogP contribution is 2.62. The van der Waals surface area contributed by atoms with Crippen molar-refractivity contribution in [1.82, 2.24) is 0 Å². The lowest BCUT2D eigenvalue weighted by atomic mass is 9.43. The van der Waals surface area contributed by atoms with Crippen molar-refractivity contribution in [2.24, 2.45) is 34.5 Å². The Morgan fingerprint density at radius 1 is 1.23 bits per heavy atom. The minimum Gasteiger partial charge on any atom is -0.299 e. The van der Waals surface area contributed by atoms with Crippen LogP contribution < -0.4 is 0 Å². The normalized spacial score (nSPS) is 43.9. The van der Waals surface area contributed by atoms with Gasteiger partial charge in [-0.15, -0.1) is 0 Å². The summed E-state index contributed by atoms with van der Waals surface area (Å²) in [7, 11) is 0. The average molecular weight is 300 g/mol. The highest BCUT2D eigenvalue weighted by atomic mass is 16.1. The highest BCUT2D eigenvalue weighted by Gasteiger charge is 2.60. The van der Waals surface area contributed by atoms with Gasteiger partial charge in [0.15, 0.2) is 5.78 Å². The van der Waals surface area contributed by atoms with Gasteiger partial charge in [0.1, 0.15) is 5.78 Å². The fraction of sp³-hybridized carbons (Fsp3) is 0.700. The van der Waals surface area contributed by atoms with Crippen LogP contribution in [0.1, 0.15) is 53.4 Å². The molecule has 120 valence electrons. The van der Waals surface area contributed by atoms with Crippen LogP contribution in [-0.4, -0.2) is 11.6 Å². The molecule has 0 heterocycles. The van der Waals surface area contributed by atoms with Crippen molar-refractivity contribution in [1.29, 1.82) is 0 Å². The lowest BCUT2D eigenvalue weighted by Crippen LogP contribution is -2.58. The minimum atomic E-state index is -0.288. The van der Waals surface area contributed by atoms with E-state index in [1.807, 2.05) is 12.2 Å². The summed E-state index contributed by atoms with van der Waals surface area (Å²) in [6.45, 7) is 12.6. The van der Waals surface area contributed by atoms with E-state index in [2.05, 4.69) is 34.3 Å². The van der Waals surface area contributed by atoms with E-state index in [4.69, 9.17) is 0 Å². The Labute approximate surface area is 134 Å². The Bertz CT molecular complexity index is 568. The van der Waals surface area contributed by atoms with Gasteiger partial charge in [0.2, 0.25) is 0 Å². The van der Waals surface area contributed by atoms with Gasteiger partial charge in [-0.05, 0) is 54.1 Å². The molecule has 3 aliphatic rings. The molecule has 0 aromatic heterocycles. The summed E-state index contributed by atoms with van der Waals surface area (Å²) in [5.74, 6) is 1.88. The Morgan fingerprint density at radius 2 is 1.91 bits per heavy atom. The first-order valence-corrected chi connectivity index (χ1v) is 8.64. The summed E-state index contributed by atoms with van der Waals surface area (Å²) in [5.41, 5.74) is 0.776. The van der Waals surface area contributed by atoms with E-state index in [1.165, 1.54) is 0 Å². The quantitative estimate of drug-likeness (QED) is 0.721. The summed E-state index contributed by atoms with van der Waals surface area (Å²) in [6.07, 6.45) is 7.30. The van der Waals surface area contributed by atoms with E-state index in [0.717, 1.165) is 24.8 Å². The standard InChI is InChI=1S/C20H28O2/c1-6-13-11-15(21)18-14(12(13)2)7-8-16-19(3,4)17(22)9-10-20(16,18)5/h6,11-12,14,16,18H,1,7-10H2,2-5H3/t12-,14+,16+,18-,20+/m1/s1. The number of ketones is 2. The van der Waals surface area contributed by atoms with Gasteiger partial charge < -0.3 is 0 Å². The van der Waals surface area contributed by atoms with Crippen molar-refractivity contribution < 1.29 is 9.59 Å². The van der Waals surface area contributed by atoms with Crippen molar-refractivity contribution in [3.05, 3.63) is 24.3 Å². The SMILES string of the molecule is C=CC1=CC(=O)[C@H]2[C@@H](CC[C@H]3C(C)(C)C(=O)CC[C@]23C)[C@@H]1C. The molecular weight excluding hydrogens is 272 g/mol. The zero-order valence-corrected chi connectivity index (χ0v) is 14.3. The van der Waals surface area contributed by atoms with Crippen molar-refractivity contribution >= 4 is 11.6 Å². The highest BCUT2D eigenvalue weighted by molar-refractivity contribution is 5.95. The van der Waals surface area contributed by atoms with Gasteiger partial charge in [0.05, 0.1) is 0 Å². The van der Waals surface area contributed by atoms with E-state index >= 15 is 0 Å². The van der Waals surface area contributed by atoms with Crippen LogP contribution in [0.15, 0.2) is 24.3 Å². The molecule has 0 aromatic carbocycles. The van der Waals surface area contributed by atoms with Crippen LogP contribution in [0.25, 0.3) is 0 Å². The summed E-state index contributed by atoms with van der Waals surface area (Å²) < 4.78 is 0. The third kappa shape index (κ3) is 1.92. The van der Waals surface area contributed by atoms with Gasteiger partial charge in [-0.25, -0.2) is 0 Å². The lowest BCUT2D eigenvalue weighted by Gasteiger charge is -2.59. The first kappa shape index (κ1) is 15.7. The van der Waals surface area contributed by atoms with E-state index in [0.29, 0.717) is 30.0 Å². The number of hydrogen-bond donors (Lipinski definition) is 0. The molecule has 2 heteroatoms. The number of Topliss-reactive ketones (excluding diaryl/α,β-unsaturated/α-hetero) is 1. The minimum absolute atomic E-state index is 0.0329. The molecule has 0 unspecified atom stereocenters. The molecule has 0 bridgehead atoms. The van der Waals surface area contributed by atoms with Crippen LogP contribution in [0.3, 0.4) is 0 Å². The monoisotopic (exact) mass is 300 g/mol. The first-order valence-electron chi connectivity index (χ1n) is 8.64. The molecule has 3 aliphatic carbocycles. The number of carbonyl (C=O) groups excluding carboxylic acids is 2. The fourth-order valence-electron chi connectivity index (χ4n) is 5.93. The zero-order valence-electron chi connectivity index (χ0n) is 14.3. The molecule has 0 spiro atoms. The van der Waals surface area contributed by atoms with Crippen LogP contribution >= 0.6 is 0 Å². The zero-order chi connectivity index (χ0) is 16.3. The fourth-order valence-corrected chi connectivity index (χ4v) is 5.93. The summed E-state index contributed by atoms with van der Waals surface area (Å²) >= 11 is 0. The predicted molar refractivity (Wildman–Crippen MR) is 88.3 cm³/mol. The molecule has 0 amide bonds. The maximum absolute atomic E-state index is 12.9. The molecule has 0 aliphatic heterocycles. The maximum atomic E-state index is 12.9. The van der Waals surface area contributed by atoms with Crippen LogP contribution in [0, 0.1) is 34.5 Å². The molecule has 0 N–H and O–H groups in total. The molecule has 0 radical (unpaired) electrons. The van der Waals surface area contributed by atoms with Crippen LogP contribution in [0.4, 0.5) is 0 Å². The average Bonchev–Trinajstić information content (AvgIpc) is 2.46. The topological polar surface area (TPSA) is 34.1 Å². The third-order valence-corrected chi connectivity index (χ3v) is 7.22. The second-order valence-corrected chi connectivity index (χ2v) is 8.46. The van der Waals surface area contributed by atoms with Gasteiger partial charge in [0.25, 0.3) is 0 Å². The van der Waals surface area contributed by atoms with Gasteiger partial charge in [-0.1, -0.05) is 40.3 Å². The van der Waals surface area contributed by atoms with Crippen molar-refractivity contribution in [2.75, 3.05) is 0 Å². The number of rotatable bonds is 1. The molecule has 2 nitrogen and oxygen atoms in total. The van der Waals surface area contributed by atoms with Gasteiger partial charge in [-0.3, -0.25) is 9.59 Å². The van der Waals surface area contributed by atoms with E-state index < -0.39 is 0 Å².